The fourth-order valence-corrected chi connectivity index (χ4v) is 3.39. The van der Waals surface area contributed by atoms with Gasteiger partial charge in [0.25, 0.3) is 17.7 Å². The Morgan fingerprint density at radius 1 is 0.903 bits per heavy atom. The van der Waals surface area contributed by atoms with E-state index in [1.54, 1.807) is 31.2 Å². The van der Waals surface area contributed by atoms with Gasteiger partial charge in [-0.05, 0) is 48.9 Å². The smallest absolute Gasteiger partial charge is 0.335 e. The molecule has 4 rings (SSSR count). The number of carboxylic acids is 1. The predicted octanol–water partition coefficient (Wildman–Crippen LogP) is 3.45. The van der Waals surface area contributed by atoms with Gasteiger partial charge in [-0.15, -0.1) is 0 Å². The minimum atomic E-state index is -1.21. The molecule has 0 spiro atoms. The van der Waals surface area contributed by atoms with Crippen LogP contribution in [0.2, 0.25) is 0 Å². The molecule has 0 fully saturated rings. The van der Waals surface area contributed by atoms with Crippen LogP contribution >= 0.6 is 0 Å². The summed E-state index contributed by atoms with van der Waals surface area (Å²) in [7, 11) is 0. The SMILES string of the molecule is Cc1ccccc1C(=O)Nc1ccc(N2C(=O)c3ccc(C(=O)O)cc3C2=O)cc1O. The first-order valence-corrected chi connectivity index (χ1v) is 9.24. The minimum absolute atomic E-state index is 0.0266. The number of aromatic hydroxyl groups is 1. The van der Waals surface area contributed by atoms with E-state index >= 15 is 0 Å². The molecule has 31 heavy (non-hydrogen) atoms. The van der Waals surface area contributed by atoms with Crippen LogP contribution in [0.1, 0.15) is 47.0 Å². The molecule has 0 bridgehead atoms. The summed E-state index contributed by atoms with van der Waals surface area (Å²) < 4.78 is 0. The topological polar surface area (TPSA) is 124 Å². The fraction of sp³-hybridized carbons (Fsp3) is 0.0435. The van der Waals surface area contributed by atoms with E-state index in [9.17, 15) is 24.3 Å². The first kappa shape index (κ1) is 19.8. The highest BCUT2D eigenvalue weighted by molar-refractivity contribution is 6.34. The Morgan fingerprint density at radius 2 is 1.61 bits per heavy atom. The molecule has 8 heteroatoms. The molecule has 0 atom stereocenters. The van der Waals surface area contributed by atoms with Gasteiger partial charge in [-0.1, -0.05) is 18.2 Å². The van der Waals surface area contributed by atoms with Gasteiger partial charge in [0.1, 0.15) is 5.75 Å². The molecule has 1 heterocycles. The number of carbonyl (C=O) groups is 4. The number of imide groups is 1. The number of carboxylic acid groups (broad SMARTS) is 1. The second kappa shape index (κ2) is 7.42. The highest BCUT2D eigenvalue weighted by atomic mass is 16.4. The molecule has 3 aromatic carbocycles. The molecule has 0 unspecified atom stereocenters. The van der Waals surface area contributed by atoms with Crippen LogP contribution in [0.4, 0.5) is 11.4 Å². The number of phenols is 1. The van der Waals surface area contributed by atoms with Gasteiger partial charge in [-0.25, -0.2) is 9.69 Å². The largest absolute Gasteiger partial charge is 0.506 e. The van der Waals surface area contributed by atoms with Crippen molar-refractivity contribution in [2.45, 2.75) is 6.92 Å². The number of anilines is 2. The third-order valence-corrected chi connectivity index (χ3v) is 5.01. The number of amides is 3. The van der Waals surface area contributed by atoms with Gasteiger partial charge >= 0.3 is 5.97 Å². The number of nitrogens with zero attached hydrogens (tertiary/aromatic N) is 1. The first-order valence-electron chi connectivity index (χ1n) is 9.24. The number of phenolic OH excluding ortho intramolecular Hbond substituents is 1. The van der Waals surface area contributed by atoms with E-state index in [1.165, 1.54) is 30.3 Å². The number of aryl methyl sites for hydroxylation is 1. The van der Waals surface area contributed by atoms with E-state index in [-0.39, 0.29) is 33.8 Å². The van der Waals surface area contributed by atoms with Gasteiger partial charge in [-0.2, -0.15) is 0 Å². The summed E-state index contributed by atoms with van der Waals surface area (Å²) in [6, 6.07) is 14.6. The molecular formula is C23H16N2O6. The van der Waals surface area contributed by atoms with Crippen molar-refractivity contribution >= 4 is 35.1 Å². The van der Waals surface area contributed by atoms with Crippen molar-refractivity contribution in [1.29, 1.82) is 0 Å². The van der Waals surface area contributed by atoms with E-state index < -0.39 is 23.7 Å². The van der Waals surface area contributed by atoms with Crippen LogP contribution in [0.5, 0.6) is 5.75 Å². The summed E-state index contributed by atoms with van der Waals surface area (Å²) in [4.78, 5) is 49.9. The van der Waals surface area contributed by atoms with Gasteiger partial charge in [-0.3, -0.25) is 14.4 Å². The molecule has 1 aliphatic heterocycles. The Morgan fingerprint density at radius 3 is 2.29 bits per heavy atom. The zero-order valence-corrected chi connectivity index (χ0v) is 16.2. The average Bonchev–Trinajstić information content (AvgIpc) is 2.99. The lowest BCUT2D eigenvalue weighted by Crippen LogP contribution is -2.29. The van der Waals surface area contributed by atoms with Crippen LogP contribution in [0.15, 0.2) is 60.7 Å². The Kier molecular flexibility index (Phi) is 4.75. The highest BCUT2D eigenvalue weighted by Crippen LogP contribution is 2.34. The number of aromatic carboxylic acids is 1. The van der Waals surface area contributed by atoms with Crippen LogP contribution in [0.3, 0.4) is 0 Å². The monoisotopic (exact) mass is 416 g/mol. The zero-order valence-electron chi connectivity index (χ0n) is 16.2. The molecule has 154 valence electrons. The van der Waals surface area contributed by atoms with Crippen LogP contribution < -0.4 is 10.2 Å². The van der Waals surface area contributed by atoms with Crippen molar-refractivity contribution in [1.82, 2.24) is 0 Å². The zero-order chi connectivity index (χ0) is 22.3. The molecule has 1 aliphatic rings. The third-order valence-electron chi connectivity index (χ3n) is 5.01. The molecule has 0 saturated heterocycles. The predicted molar refractivity (Wildman–Crippen MR) is 112 cm³/mol. The normalized spacial score (nSPS) is 12.6. The molecule has 3 N–H and O–H groups in total. The number of fused-ring (bicyclic) bond motifs is 1. The minimum Gasteiger partial charge on any atom is -0.506 e. The molecule has 8 nitrogen and oxygen atoms in total. The third kappa shape index (κ3) is 3.40. The van der Waals surface area contributed by atoms with Crippen LogP contribution in [-0.4, -0.2) is 33.9 Å². The Hall–Kier alpha value is -4.46. The quantitative estimate of drug-likeness (QED) is 0.442. The summed E-state index contributed by atoms with van der Waals surface area (Å²) in [5.74, 6) is -3.29. The van der Waals surface area contributed by atoms with Gasteiger partial charge in [0.05, 0.1) is 28.1 Å². The summed E-state index contributed by atoms with van der Waals surface area (Å²) in [5, 5.41) is 22.1. The molecule has 0 saturated carbocycles. The number of hydrogen-bond donors (Lipinski definition) is 3. The van der Waals surface area contributed by atoms with Crippen molar-refractivity contribution in [2.75, 3.05) is 10.2 Å². The number of hydrogen-bond acceptors (Lipinski definition) is 5. The lowest BCUT2D eigenvalue weighted by atomic mass is 10.1. The maximum Gasteiger partial charge on any atom is 0.335 e. The van der Waals surface area contributed by atoms with E-state index in [4.69, 9.17) is 5.11 Å². The van der Waals surface area contributed by atoms with E-state index in [0.717, 1.165) is 16.5 Å². The van der Waals surface area contributed by atoms with Crippen molar-refractivity contribution in [3.05, 3.63) is 88.5 Å². The maximum atomic E-state index is 12.7. The number of nitrogens with one attached hydrogen (secondary N) is 1. The summed E-state index contributed by atoms with van der Waals surface area (Å²) in [6.45, 7) is 1.79. The summed E-state index contributed by atoms with van der Waals surface area (Å²) in [6.07, 6.45) is 0. The van der Waals surface area contributed by atoms with Gasteiger partial charge in [0, 0.05) is 11.6 Å². The highest BCUT2D eigenvalue weighted by Gasteiger charge is 2.37. The number of benzene rings is 3. The molecule has 3 aromatic rings. The van der Waals surface area contributed by atoms with E-state index in [0.29, 0.717) is 5.56 Å². The first-order chi connectivity index (χ1) is 14.8. The Balaban J connectivity index is 1.62. The standard InChI is InChI=1S/C23H16N2O6/c1-12-4-2-3-5-15(12)20(27)24-18-9-7-14(11-19(18)26)25-21(28)16-8-6-13(23(30)31)10-17(16)22(25)29/h2-11,26H,1H3,(H,24,27)(H,30,31). The van der Waals surface area contributed by atoms with E-state index in [1.807, 2.05) is 0 Å². The second-order valence-electron chi connectivity index (χ2n) is 6.98. The molecule has 3 amide bonds. The molecular weight excluding hydrogens is 400 g/mol. The van der Waals surface area contributed by atoms with Crippen molar-refractivity contribution in [2.24, 2.45) is 0 Å². The van der Waals surface area contributed by atoms with Gasteiger partial charge < -0.3 is 15.5 Å². The van der Waals surface area contributed by atoms with Gasteiger partial charge in [0.15, 0.2) is 0 Å². The summed E-state index contributed by atoms with van der Waals surface area (Å²) in [5.41, 5.74) is 1.35. The lowest BCUT2D eigenvalue weighted by molar-refractivity contribution is 0.0696. The number of rotatable bonds is 4. The van der Waals surface area contributed by atoms with Gasteiger partial charge in [0.2, 0.25) is 0 Å². The van der Waals surface area contributed by atoms with Crippen molar-refractivity contribution < 1.29 is 29.4 Å². The lowest BCUT2D eigenvalue weighted by Gasteiger charge is -2.16. The summed E-state index contributed by atoms with van der Waals surface area (Å²) >= 11 is 0. The second-order valence-corrected chi connectivity index (χ2v) is 6.98. The van der Waals surface area contributed by atoms with Crippen molar-refractivity contribution in [3.63, 3.8) is 0 Å². The van der Waals surface area contributed by atoms with Crippen LogP contribution in [0, 0.1) is 6.92 Å². The molecule has 0 radical (unpaired) electrons. The number of carbonyl (C=O) groups excluding carboxylic acids is 3. The van der Waals surface area contributed by atoms with E-state index in [2.05, 4.69) is 5.32 Å². The van der Waals surface area contributed by atoms with Crippen molar-refractivity contribution in [3.8, 4) is 5.75 Å². The van der Waals surface area contributed by atoms with Crippen LogP contribution in [-0.2, 0) is 0 Å². The Labute approximate surface area is 176 Å². The average molecular weight is 416 g/mol. The molecule has 0 aliphatic carbocycles. The Bertz CT molecular complexity index is 1280. The van der Waals surface area contributed by atoms with Crippen LogP contribution in [0.25, 0.3) is 0 Å². The molecule has 0 aromatic heterocycles. The fourth-order valence-electron chi connectivity index (χ4n) is 3.39. The maximum absolute atomic E-state index is 12.7.